The van der Waals surface area contributed by atoms with E-state index in [0.717, 1.165) is 38.5 Å². The summed E-state index contributed by atoms with van der Waals surface area (Å²) in [6, 6.07) is 0. The molecule has 296 valence electrons. The summed E-state index contributed by atoms with van der Waals surface area (Å²) >= 11 is 0. The first kappa shape index (κ1) is 49.0. The minimum atomic E-state index is -4.39. The number of phosphoric acid groups is 1. The minimum absolute atomic E-state index is 0.0423. The summed E-state index contributed by atoms with van der Waals surface area (Å²) in [7, 11) is -4.39. The van der Waals surface area contributed by atoms with Crippen LogP contribution in [-0.2, 0) is 32.7 Å². The molecule has 0 rings (SSSR count). The second-order valence-electron chi connectivity index (χ2n) is 13.2. The lowest BCUT2D eigenvalue weighted by molar-refractivity contribution is -0.161. The smallest absolute Gasteiger partial charge is 0.462 e. The predicted molar refractivity (Wildman–Crippen MR) is 210 cm³/mol. The highest BCUT2D eigenvalue weighted by Crippen LogP contribution is 2.43. The molecule has 0 fully saturated rings. The van der Waals surface area contributed by atoms with Crippen LogP contribution < -0.4 is 5.73 Å². The second-order valence-corrected chi connectivity index (χ2v) is 14.6. The maximum absolute atomic E-state index is 12.5. The monoisotopic (exact) mass is 740 g/mol. The molecular formula is C41H74NO8P. The van der Waals surface area contributed by atoms with Gasteiger partial charge in [-0.3, -0.25) is 18.6 Å². The normalized spacial score (nSPS) is 13.9. The molecule has 2 unspecified atom stereocenters. The zero-order valence-corrected chi connectivity index (χ0v) is 33.2. The van der Waals surface area contributed by atoms with E-state index >= 15 is 0 Å². The van der Waals surface area contributed by atoms with Crippen LogP contribution in [0.4, 0.5) is 0 Å². The van der Waals surface area contributed by atoms with Crippen molar-refractivity contribution >= 4 is 19.8 Å². The van der Waals surface area contributed by atoms with Gasteiger partial charge in [0.15, 0.2) is 6.10 Å². The molecule has 0 aromatic heterocycles. The lowest BCUT2D eigenvalue weighted by atomic mass is 10.0. The molecule has 3 N–H and O–H groups in total. The van der Waals surface area contributed by atoms with Crippen molar-refractivity contribution < 1.29 is 37.6 Å². The Labute approximate surface area is 311 Å². The molecule has 0 bridgehead atoms. The maximum Gasteiger partial charge on any atom is 0.472 e. The summed E-state index contributed by atoms with van der Waals surface area (Å²) in [5.41, 5.74) is 5.33. The van der Waals surface area contributed by atoms with Gasteiger partial charge >= 0.3 is 19.8 Å². The number of phosphoric ester groups is 1. The van der Waals surface area contributed by atoms with Crippen LogP contribution in [0, 0.1) is 0 Å². The van der Waals surface area contributed by atoms with Crippen LogP contribution in [0.5, 0.6) is 0 Å². The number of unbranched alkanes of at least 4 members (excludes halogenated alkanes) is 16. The molecule has 9 nitrogen and oxygen atoms in total. The van der Waals surface area contributed by atoms with E-state index in [2.05, 4.69) is 50.3 Å². The van der Waals surface area contributed by atoms with Gasteiger partial charge in [0.1, 0.15) is 6.61 Å². The van der Waals surface area contributed by atoms with E-state index in [0.29, 0.717) is 6.42 Å². The summed E-state index contributed by atoms with van der Waals surface area (Å²) in [4.78, 5) is 34.7. The van der Waals surface area contributed by atoms with Gasteiger partial charge in [-0.05, 0) is 44.9 Å². The molecule has 0 aliphatic rings. The van der Waals surface area contributed by atoms with Crippen molar-refractivity contribution in [3.05, 3.63) is 48.6 Å². The molecule has 0 aromatic carbocycles. The zero-order chi connectivity index (χ0) is 37.5. The Hall–Kier alpha value is -2.03. The van der Waals surface area contributed by atoms with Crippen LogP contribution in [0.25, 0.3) is 0 Å². The first-order chi connectivity index (χ1) is 24.8. The number of nitrogens with two attached hydrogens (primary N) is 1. The van der Waals surface area contributed by atoms with Crippen LogP contribution in [0.3, 0.4) is 0 Å². The Morgan fingerprint density at radius 2 is 1.06 bits per heavy atom. The third kappa shape index (κ3) is 37.5. The summed E-state index contributed by atoms with van der Waals surface area (Å²) in [6.07, 6.45) is 41.5. The van der Waals surface area contributed by atoms with E-state index < -0.39 is 32.5 Å². The minimum Gasteiger partial charge on any atom is -0.462 e. The van der Waals surface area contributed by atoms with Gasteiger partial charge in [0, 0.05) is 19.4 Å². The predicted octanol–water partition coefficient (Wildman–Crippen LogP) is 11.2. The molecule has 0 spiro atoms. The lowest BCUT2D eigenvalue weighted by Gasteiger charge is -2.19. The molecule has 0 amide bonds. The molecule has 0 aliphatic carbocycles. The van der Waals surface area contributed by atoms with Crippen LogP contribution in [0.2, 0.25) is 0 Å². The van der Waals surface area contributed by atoms with E-state index in [-0.39, 0.29) is 32.6 Å². The van der Waals surface area contributed by atoms with Gasteiger partial charge in [-0.1, -0.05) is 159 Å². The van der Waals surface area contributed by atoms with E-state index in [1.54, 1.807) is 0 Å². The fraction of sp³-hybridized carbons (Fsp3) is 0.756. The van der Waals surface area contributed by atoms with E-state index in [1.807, 2.05) is 12.2 Å². The number of carbonyl (C=O) groups is 2. The number of esters is 2. The highest BCUT2D eigenvalue weighted by atomic mass is 31.2. The van der Waals surface area contributed by atoms with Gasteiger partial charge in [0.25, 0.3) is 0 Å². The van der Waals surface area contributed by atoms with Crippen molar-refractivity contribution in [3.8, 4) is 0 Å². The van der Waals surface area contributed by atoms with Crippen molar-refractivity contribution in [2.24, 2.45) is 5.73 Å². The lowest BCUT2D eigenvalue weighted by Crippen LogP contribution is -2.29. The molecule has 0 saturated heterocycles. The maximum atomic E-state index is 12.5. The largest absolute Gasteiger partial charge is 0.472 e. The molecule has 0 heterocycles. The quantitative estimate of drug-likeness (QED) is 0.0276. The Bertz CT molecular complexity index is 981. The third-order valence-corrected chi connectivity index (χ3v) is 9.22. The van der Waals surface area contributed by atoms with Gasteiger partial charge in [-0.25, -0.2) is 4.57 Å². The second kappa shape index (κ2) is 37.7. The van der Waals surface area contributed by atoms with Crippen molar-refractivity contribution in [1.82, 2.24) is 0 Å². The van der Waals surface area contributed by atoms with Gasteiger partial charge in [0.05, 0.1) is 13.2 Å². The zero-order valence-electron chi connectivity index (χ0n) is 32.3. The number of carbonyl (C=O) groups excluding carboxylic acids is 2. The summed E-state index contributed by atoms with van der Waals surface area (Å²) < 4.78 is 32.6. The molecule has 0 aliphatic heterocycles. The molecule has 0 radical (unpaired) electrons. The van der Waals surface area contributed by atoms with Crippen LogP contribution >= 0.6 is 7.82 Å². The standard InChI is InChI=1S/C41H74NO8P/c1-3-5-7-9-11-13-15-17-18-19-20-22-24-26-28-30-32-34-41(44)50-39(38-49-51(45,46)48-36-35-42)37-47-40(43)33-31-29-27-25-23-21-16-14-12-10-8-6-4-2/h13,15,18-19,22,24,28,30,39H,3-12,14,16-17,20-21,23,25-27,29,31-38,42H2,1-2H3,(H,45,46)/b15-13-,19-18-,24-22-,30-28-. The first-order valence-electron chi connectivity index (χ1n) is 20.1. The summed E-state index contributed by atoms with van der Waals surface area (Å²) in [5.74, 6) is -0.922. The van der Waals surface area contributed by atoms with E-state index in [1.165, 1.54) is 96.3 Å². The fourth-order valence-corrected chi connectivity index (χ4v) is 5.99. The number of allylic oxidation sites excluding steroid dienone is 8. The Morgan fingerprint density at radius 1 is 0.588 bits per heavy atom. The average molecular weight is 740 g/mol. The molecule has 2 atom stereocenters. The number of hydrogen-bond acceptors (Lipinski definition) is 8. The van der Waals surface area contributed by atoms with Gasteiger partial charge in [-0.2, -0.15) is 0 Å². The Balaban J connectivity index is 4.32. The van der Waals surface area contributed by atoms with Gasteiger partial charge in [-0.15, -0.1) is 0 Å². The number of rotatable bonds is 37. The number of hydrogen-bond donors (Lipinski definition) is 2. The van der Waals surface area contributed by atoms with Crippen LogP contribution in [-0.4, -0.2) is 49.3 Å². The molecule has 51 heavy (non-hydrogen) atoms. The topological polar surface area (TPSA) is 134 Å². The Kier molecular flexibility index (Phi) is 36.2. The highest BCUT2D eigenvalue weighted by Gasteiger charge is 2.25. The Morgan fingerprint density at radius 3 is 1.59 bits per heavy atom. The van der Waals surface area contributed by atoms with Crippen LogP contribution in [0.15, 0.2) is 48.6 Å². The van der Waals surface area contributed by atoms with Gasteiger partial charge in [0.2, 0.25) is 0 Å². The fourth-order valence-electron chi connectivity index (χ4n) is 5.23. The number of ether oxygens (including phenoxy) is 2. The summed E-state index contributed by atoms with van der Waals surface area (Å²) in [5, 5.41) is 0. The van der Waals surface area contributed by atoms with Crippen molar-refractivity contribution in [2.45, 2.75) is 174 Å². The average Bonchev–Trinajstić information content (AvgIpc) is 3.11. The van der Waals surface area contributed by atoms with E-state index in [9.17, 15) is 19.0 Å². The molecule has 0 saturated carbocycles. The molecule has 10 heteroatoms. The van der Waals surface area contributed by atoms with Gasteiger partial charge < -0.3 is 20.1 Å². The first-order valence-corrected chi connectivity index (χ1v) is 21.6. The molecular weight excluding hydrogens is 665 g/mol. The third-order valence-electron chi connectivity index (χ3n) is 8.23. The van der Waals surface area contributed by atoms with Crippen molar-refractivity contribution in [1.29, 1.82) is 0 Å². The molecule has 0 aromatic rings. The van der Waals surface area contributed by atoms with Crippen molar-refractivity contribution in [3.63, 3.8) is 0 Å². The SMILES string of the molecule is CCCCCC/C=C\C/C=C\C/C=C\C/C=C\CCC(=O)OC(COC(=O)CCCCCCCCCCCCCCC)COP(=O)(O)OCCN. The van der Waals surface area contributed by atoms with E-state index in [4.69, 9.17) is 24.3 Å². The van der Waals surface area contributed by atoms with Crippen LogP contribution in [0.1, 0.15) is 168 Å². The highest BCUT2D eigenvalue weighted by molar-refractivity contribution is 7.47. The summed E-state index contributed by atoms with van der Waals surface area (Å²) in [6.45, 7) is 3.62. The van der Waals surface area contributed by atoms with Crippen molar-refractivity contribution in [2.75, 3.05) is 26.4 Å².